The van der Waals surface area contributed by atoms with Crippen molar-refractivity contribution in [3.05, 3.63) is 42.1 Å². The zero-order valence-electron chi connectivity index (χ0n) is 16.9. The van der Waals surface area contributed by atoms with Gasteiger partial charge in [-0.05, 0) is 25.0 Å². The Hall–Kier alpha value is -3.06. The summed E-state index contributed by atoms with van der Waals surface area (Å²) in [6.07, 6.45) is 6.25. The van der Waals surface area contributed by atoms with Gasteiger partial charge >= 0.3 is 0 Å². The highest BCUT2D eigenvalue weighted by Gasteiger charge is 2.63. The molecular formula is C23H23N3O4. The Morgan fingerprint density at radius 1 is 1.17 bits per heavy atom. The fraction of sp³-hybridized carbons (Fsp3) is 0.391. The molecule has 0 N–H and O–H groups in total. The molecule has 0 radical (unpaired) electrons. The molecule has 4 heterocycles. The summed E-state index contributed by atoms with van der Waals surface area (Å²) in [5, 5.41) is 0.962. The lowest BCUT2D eigenvalue weighted by Gasteiger charge is -2.36. The van der Waals surface area contributed by atoms with Gasteiger partial charge in [0.2, 0.25) is 11.8 Å². The zero-order chi connectivity index (χ0) is 21.0. The Morgan fingerprint density at radius 2 is 1.97 bits per heavy atom. The SMILES string of the molecule is COCCCN1C(=O)[C@@H]2[C@H](C1=O)[C@H](C(C)=O)N1c3c(ccc4cccnc34)C=C[C@@H]21. The number of likely N-dealkylation sites (tertiary alicyclic amines) is 1. The van der Waals surface area contributed by atoms with Crippen LogP contribution < -0.4 is 4.90 Å². The number of aromatic nitrogens is 1. The number of benzene rings is 1. The highest BCUT2D eigenvalue weighted by atomic mass is 16.5. The maximum atomic E-state index is 13.3. The van der Waals surface area contributed by atoms with E-state index in [1.807, 2.05) is 41.3 Å². The number of ketones is 1. The molecule has 5 rings (SSSR count). The molecule has 0 unspecified atom stereocenters. The second-order valence-corrected chi connectivity index (χ2v) is 8.12. The van der Waals surface area contributed by atoms with Crippen molar-refractivity contribution < 1.29 is 19.1 Å². The molecule has 0 bridgehead atoms. The van der Waals surface area contributed by atoms with Crippen LogP contribution in [0.15, 0.2) is 36.5 Å². The number of carbonyl (C=O) groups excluding carboxylic acids is 3. The van der Waals surface area contributed by atoms with E-state index in [0.29, 0.717) is 19.6 Å². The predicted octanol–water partition coefficient (Wildman–Crippen LogP) is 2.05. The van der Waals surface area contributed by atoms with Gasteiger partial charge < -0.3 is 9.64 Å². The summed E-state index contributed by atoms with van der Waals surface area (Å²) in [5.41, 5.74) is 2.56. The first-order valence-corrected chi connectivity index (χ1v) is 10.2. The molecule has 0 aliphatic carbocycles. The Bertz CT molecular complexity index is 1100. The second kappa shape index (κ2) is 7.02. The van der Waals surface area contributed by atoms with Gasteiger partial charge in [-0.1, -0.05) is 30.4 Å². The van der Waals surface area contributed by atoms with Gasteiger partial charge in [-0.3, -0.25) is 24.3 Å². The van der Waals surface area contributed by atoms with E-state index >= 15 is 0 Å². The van der Waals surface area contributed by atoms with Crippen molar-refractivity contribution in [3.8, 4) is 0 Å². The van der Waals surface area contributed by atoms with E-state index in [9.17, 15) is 14.4 Å². The van der Waals surface area contributed by atoms with E-state index < -0.39 is 17.9 Å². The van der Waals surface area contributed by atoms with Crippen molar-refractivity contribution in [1.82, 2.24) is 9.88 Å². The maximum absolute atomic E-state index is 13.3. The van der Waals surface area contributed by atoms with Gasteiger partial charge in [-0.2, -0.15) is 0 Å². The zero-order valence-corrected chi connectivity index (χ0v) is 16.9. The average molecular weight is 405 g/mol. The summed E-state index contributed by atoms with van der Waals surface area (Å²) in [5.74, 6) is -1.78. The first-order chi connectivity index (χ1) is 14.5. The summed E-state index contributed by atoms with van der Waals surface area (Å²) < 4.78 is 5.06. The standard InChI is InChI=1S/C23H23N3O4/c1-13(27)20-18-17(22(28)25(23(18)29)11-4-12-30-2)16-9-8-15-7-6-14-5-3-10-24-19(14)21(15)26(16)20/h3,5-10,16-18,20H,4,11-12H2,1-2H3/t16-,17-,18-,20-/m0/s1. The largest absolute Gasteiger partial charge is 0.385 e. The molecule has 2 fully saturated rings. The molecule has 7 heteroatoms. The molecule has 2 amide bonds. The molecular weight excluding hydrogens is 382 g/mol. The molecule has 1 aromatic heterocycles. The fourth-order valence-corrected chi connectivity index (χ4v) is 5.29. The van der Waals surface area contributed by atoms with Crippen LogP contribution in [0.1, 0.15) is 18.9 Å². The number of hydrogen-bond acceptors (Lipinski definition) is 6. The van der Waals surface area contributed by atoms with Crippen LogP contribution in [0.4, 0.5) is 5.69 Å². The molecule has 3 aliphatic heterocycles. The Morgan fingerprint density at radius 3 is 2.73 bits per heavy atom. The van der Waals surface area contributed by atoms with Crippen LogP contribution in [0.25, 0.3) is 17.0 Å². The summed E-state index contributed by atoms with van der Waals surface area (Å²) in [4.78, 5) is 47.2. The van der Waals surface area contributed by atoms with Gasteiger partial charge in [0.25, 0.3) is 0 Å². The molecule has 30 heavy (non-hydrogen) atoms. The molecule has 7 nitrogen and oxygen atoms in total. The number of imide groups is 1. The number of pyridine rings is 1. The lowest BCUT2D eigenvalue weighted by Crippen LogP contribution is -2.48. The minimum Gasteiger partial charge on any atom is -0.385 e. The minimum atomic E-state index is -0.680. The van der Waals surface area contributed by atoms with E-state index in [0.717, 1.165) is 22.2 Å². The number of hydrogen-bond donors (Lipinski definition) is 0. The summed E-state index contributed by atoms with van der Waals surface area (Å²) in [6, 6.07) is 6.82. The molecule has 2 aromatic rings. The fourth-order valence-electron chi connectivity index (χ4n) is 5.29. The summed E-state index contributed by atoms with van der Waals surface area (Å²) >= 11 is 0. The van der Waals surface area contributed by atoms with Gasteiger partial charge in [0.1, 0.15) is 6.04 Å². The van der Waals surface area contributed by atoms with E-state index in [-0.39, 0.29) is 23.6 Å². The number of fused-ring (bicyclic) bond motifs is 7. The number of rotatable bonds is 5. The Kier molecular flexibility index (Phi) is 4.43. The topological polar surface area (TPSA) is 79.8 Å². The van der Waals surface area contributed by atoms with Crippen molar-refractivity contribution in [3.63, 3.8) is 0 Å². The number of amides is 2. The van der Waals surface area contributed by atoms with Crippen molar-refractivity contribution in [2.45, 2.75) is 25.4 Å². The first-order valence-electron chi connectivity index (χ1n) is 10.2. The van der Waals surface area contributed by atoms with Crippen molar-refractivity contribution >= 4 is 40.3 Å². The van der Waals surface area contributed by atoms with Crippen LogP contribution in [-0.2, 0) is 19.1 Å². The third kappa shape index (κ3) is 2.55. The minimum absolute atomic E-state index is 0.110. The van der Waals surface area contributed by atoms with E-state index in [1.54, 1.807) is 13.3 Å². The first kappa shape index (κ1) is 18.9. The monoisotopic (exact) mass is 405 g/mol. The predicted molar refractivity (Wildman–Crippen MR) is 112 cm³/mol. The van der Waals surface area contributed by atoms with Gasteiger partial charge in [-0.25, -0.2) is 0 Å². The normalized spacial score (nSPS) is 26.9. The highest BCUT2D eigenvalue weighted by molar-refractivity contribution is 6.12. The molecule has 0 spiro atoms. The Balaban J connectivity index is 1.62. The molecule has 154 valence electrons. The summed E-state index contributed by atoms with van der Waals surface area (Å²) in [7, 11) is 1.59. The van der Waals surface area contributed by atoms with Gasteiger partial charge in [0.15, 0.2) is 5.78 Å². The van der Waals surface area contributed by atoms with Crippen LogP contribution >= 0.6 is 0 Å². The van der Waals surface area contributed by atoms with Crippen LogP contribution in [-0.4, -0.2) is 59.8 Å². The molecule has 2 saturated heterocycles. The highest BCUT2D eigenvalue weighted by Crippen LogP contribution is 2.49. The van der Waals surface area contributed by atoms with E-state index in [2.05, 4.69) is 4.98 Å². The quantitative estimate of drug-likeness (QED) is 0.560. The molecule has 4 atom stereocenters. The lowest BCUT2D eigenvalue weighted by molar-refractivity contribution is -0.141. The third-order valence-electron chi connectivity index (χ3n) is 6.48. The lowest BCUT2D eigenvalue weighted by atomic mass is 9.88. The average Bonchev–Trinajstić information content (AvgIpc) is 3.22. The van der Waals surface area contributed by atoms with Crippen LogP contribution in [0, 0.1) is 11.8 Å². The van der Waals surface area contributed by atoms with Crippen LogP contribution in [0.2, 0.25) is 0 Å². The van der Waals surface area contributed by atoms with Gasteiger partial charge in [-0.15, -0.1) is 0 Å². The van der Waals surface area contributed by atoms with Gasteiger partial charge in [0, 0.05) is 31.8 Å². The van der Waals surface area contributed by atoms with Crippen LogP contribution in [0.3, 0.4) is 0 Å². The van der Waals surface area contributed by atoms with E-state index in [1.165, 1.54) is 11.8 Å². The number of nitrogens with zero attached hydrogens (tertiary/aromatic N) is 3. The third-order valence-corrected chi connectivity index (χ3v) is 6.48. The molecule has 3 aliphatic rings. The molecule has 0 saturated carbocycles. The van der Waals surface area contributed by atoms with E-state index in [4.69, 9.17) is 4.74 Å². The van der Waals surface area contributed by atoms with Gasteiger partial charge in [0.05, 0.1) is 29.1 Å². The Labute approximate surface area is 174 Å². The smallest absolute Gasteiger partial charge is 0.235 e. The number of anilines is 1. The maximum Gasteiger partial charge on any atom is 0.235 e. The number of methoxy groups -OCH3 is 1. The van der Waals surface area contributed by atoms with Crippen molar-refractivity contribution in [2.75, 3.05) is 25.2 Å². The summed E-state index contributed by atoms with van der Waals surface area (Å²) in [6.45, 7) is 2.30. The van der Waals surface area contributed by atoms with Crippen molar-refractivity contribution in [2.24, 2.45) is 11.8 Å². The molecule has 1 aromatic carbocycles. The van der Waals surface area contributed by atoms with Crippen molar-refractivity contribution in [1.29, 1.82) is 0 Å². The van der Waals surface area contributed by atoms with Crippen LogP contribution in [0.5, 0.6) is 0 Å². The number of Topliss-reactive ketones (excluding diaryl/α,β-unsaturated/α-hetero) is 1. The number of ether oxygens (including phenoxy) is 1. The second-order valence-electron chi connectivity index (χ2n) is 8.12. The number of carbonyl (C=O) groups is 3.